The molecule has 0 heterocycles. The average molecular weight is 144 g/mol. The molecule has 0 bridgehead atoms. The Morgan fingerprint density at radius 3 is 0.500 bits per heavy atom. The molecule has 0 saturated carbocycles. The summed E-state index contributed by atoms with van der Waals surface area (Å²) in [7, 11) is 0. The number of hydrogen-bond acceptors (Lipinski definition) is 0. The first-order chi connectivity index (χ1) is 0. The monoisotopic (exact) mass is 146 g/mol. The third-order valence-electron chi connectivity index (χ3n) is 0. The average Bonchev–Trinajstić information content (AvgIpc) is 0. The van der Waals surface area contributed by atoms with Gasteiger partial charge in [0.05, 0.1) is 0 Å². The molecule has 4 heavy (non-hydrogen) atoms. The SMILES string of the molecule is [Mo].[O-2].[O-2].[O-2]. The Morgan fingerprint density at radius 2 is 0.500 bits per heavy atom. The van der Waals surface area contributed by atoms with Gasteiger partial charge in [0.15, 0.2) is 0 Å². The summed E-state index contributed by atoms with van der Waals surface area (Å²) in [5.74, 6) is 0. The van der Waals surface area contributed by atoms with E-state index >= 15 is 0 Å². The molecule has 0 amide bonds. The molecule has 0 aromatic heterocycles. The van der Waals surface area contributed by atoms with E-state index in [4.69, 9.17) is 0 Å². The van der Waals surface area contributed by atoms with Crippen LogP contribution in [0.2, 0.25) is 0 Å². The van der Waals surface area contributed by atoms with Gasteiger partial charge in [-0.3, -0.25) is 0 Å². The van der Waals surface area contributed by atoms with E-state index in [0.717, 1.165) is 0 Å². The molecule has 0 aromatic rings. The molecule has 4 heteroatoms. The summed E-state index contributed by atoms with van der Waals surface area (Å²) in [6.07, 6.45) is 0. The third kappa shape index (κ3) is 19.6. The van der Waals surface area contributed by atoms with Gasteiger partial charge in [-0.05, 0) is 0 Å². The van der Waals surface area contributed by atoms with Crippen molar-refractivity contribution in [3.63, 3.8) is 0 Å². The molecule has 0 unspecified atom stereocenters. The molecule has 0 spiro atoms. The van der Waals surface area contributed by atoms with Gasteiger partial charge >= 0.3 is 0 Å². The van der Waals surface area contributed by atoms with E-state index in [0.29, 0.717) is 0 Å². The van der Waals surface area contributed by atoms with Crippen molar-refractivity contribution in [3.8, 4) is 0 Å². The van der Waals surface area contributed by atoms with Gasteiger partial charge in [-0.2, -0.15) is 0 Å². The molecule has 0 radical (unpaired) electrons. The first-order valence-corrected chi connectivity index (χ1v) is 0. The van der Waals surface area contributed by atoms with Gasteiger partial charge in [-0.1, -0.05) is 0 Å². The molecule has 0 rings (SSSR count). The van der Waals surface area contributed by atoms with Crippen LogP contribution in [0.15, 0.2) is 0 Å². The van der Waals surface area contributed by atoms with Crippen LogP contribution in [-0.4, -0.2) is 0 Å². The Hall–Kier alpha value is 0.568. The fourth-order valence-corrected chi connectivity index (χ4v) is 0. The van der Waals surface area contributed by atoms with Crippen molar-refractivity contribution in [2.24, 2.45) is 0 Å². The second kappa shape index (κ2) is 72.9. The van der Waals surface area contributed by atoms with Gasteiger partial charge in [0.2, 0.25) is 0 Å². The maximum Gasteiger partial charge on any atom is 0 e. The number of hydrogen-bond donors (Lipinski definition) is 0. The Labute approximate surface area is 38.2 Å². The quantitative estimate of drug-likeness (QED) is 0.415. The molecule has 3 nitrogen and oxygen atoms in total. The van der Waals surface area contributed by atoms with E-state index in [2.05, 4.69) is 0 Å². The normalized spacial score (nSPS) is 0. The van der Waals surface area contributed by atoms with Crippen molar-refractivity contribution in [1.82, 2.24) is 0 Å². The predicted octanol–water partition coefficient (Wildman–Crippen LogP) is -0.359. The maximum absolute atomic E-state index is 0. The first-order valence-electron chi connectivity index (χ1n) is 0. The van der Waals surface area contributed by atoms with Crippen molar-refractivity contribution >= 4 is 0 Å². The van der Waals surface area contributed by atoms with Crippen LogP contribution in [0.1, 0.15) is 0 Å². The third-order valence-corrected chi connectivity index (χ3v) is 0. The van der Waals surface area contributed by atoms with Crippen LogP contribution in [0.4, 0.5) is 0 Å². The van der Waals surface area contributed by atoms with Crippen LogP contribution in [0.5, 0.6) is 0 Å². The molecule has 30 valence electrons. The van der Waals surface area contributed by atoms with Gasteiger partial charge in [-0.15, -0.1) is 0 Å². The van der Waals surface area contributed by atoms with Crippen molar-refractivity contribution in [2.75, 3.05) is 0 Å². The number of rotatable bonds is 0. The molecule has 0 aliphatic heterocycles. The fraction of sp³-hybridized carbons (Fsp3) is 0. The van der Waals surface area contributed by atoms with E-state index in [1.165, 1.54) is 0 Å². The van der Waals surface area contributed by atoms with Crippen LogP contribution >= 0.6 is 0 Å². The van der Waals surface area contributed by atoms with Crippen LogP contribution in [0.25, 0.3) is 0 Å². The Morgan fingerprint density at radius 1 is 0.500 bits per heavy atom. The first kappa shape index (κ1) is 180. The van der Waals surface area contributed by atoms with Gasteiger partial charge in [-0.25, -0.2) is 0 Å². The van der Waals surface area contributed by atoms with Crippen molar-refractivity contribution in [2.45, 2.75) is 0 Å². The molecule has 0 aliphatic carbocycles. The van der Waals surface area contributed by atoms with E-state index in [-0.39, 0.29) is 37.5 Å². The summed E-state index contributed by atoms with van der Waals surface area (Å²) in [5.41, 5.74) is 0. The second-order valence-corrected chi connectivity index (χ2v) is 0. The van der Waals surface area contributed by atoms with Crippen LogP contribution in [0, 0.1) is 0 Å². The zero-order chi connectivity index (χ0) is 0. The fourth-order valence-electron chi connectivity index (χ4n) is 0. The molecule has 0 N–H and O–H groups in total. The minimum atomic E-state index is 0. The zero-order valence-corrected chi connectivity index (χ0v) is 3.64. The van der Waals surface area contributed by atoms with Gasteiger partial charge in [0.1, 0.15) is 0 Å². The molecule has 0 aromatic carbocycles. The smallest absolute Gasteiger partial charge is 0 e. The Bertz CT molecular complexity index is 3.25. The van der Waals surface area contributed by atoms with Crippen LogP contribution < -0.4 is 0 Å². The van der Waals surface area contributed by atoms with Gasteiger partial charge in [0.25, 0.3) is 0 Å². The molecule has 0 saturated heterocycles. The summed E-state index contributed by atoms with van der Waals surface area (Å²) in [6, 6.07) is 0. The zero-order valence-electron chi connectivity index (χ0n) is 1.63. The summed E-state index contributed by atoms with van der Waals surface area (Å²) in [5, 5.41) is 0. The molecular weight excluding hydrogens is 144 g/mol. The molecular formula is MoO3-6. The predicted molar refractivity (Wildman–Crippen MR) is 2.06 cm³/mol. The van der Waals surface area contributed by atoms with E-state index < -0.39 is 0 Å². The minimum absolute atomic E-state index is 0. The summed E-state index contributed by atoms with van der Waals surface area (Å²) >= 11 is 0. The van der Waals surface area contributed by atoms with E-state index in [1.807, 2.05) is 0 Å². The topological polar surface area (TPSA) is 85.5 Å². The van der Waals surface area contributed by atoms with Gasteiger partial charge in [0, 0.05) is 21.1 Å². The van der Waals surface area contributed by atoms with Crippen LogP contribution in [-0.2, 0) is 37.5 Å². The largest absolute Gasteiger partial charge is 2.00 e. The summed E-state index contributed by atoms with van der Waals surface area (Å²) in [4.78, 5) is 0. The Kier molecular flexibility index (Phi) is 3280. The van der Waals surface area contributed by atoms with Crippen molar-refractivity contribution in [1.29, 1.82) is 0 Å². The summed E-state index contributed by atoms with van der Waals surface area (Å²) in [6.45, 7) is 0. The maximum atomic E-state index is 0. The van der Waals surface area contributed by atoms with Crippen molar-refractivity contribution < 1.29 is 37.5 Å². The Balaban J connectivity index is 0. The van der Waals surface area contributed by atoms with Crippen molar-refractivity contribution in [3.05, 3.63) is 0 Å². The van der Waals surface area contributed by atoms with Gasteiger partial charge < -0.3 is 16.4 Å². The van der Waals surface area contributed by atoms with Crippen LogP contribution in [0.3, 0.4) is 0 Å². The summed E-state index contributed by atoms with van der Waals surface area (Å²) < 4.78 is 0. The molecule has 0 atom stereocenters. The second-order valence-electron chi connectivity index (χ2n) is 0. The van der Waals surface area contributed by atoms with E-state index in [1.54, 1.807) is 0 Å². The molecule has 0 aliphatic rings. The standard InChI is InChI=1S/Mo.3O/q;3*-2. The van der Waals surface area contributed by atoms with E-state index in [9.17, 15) is 0 Å². The minimum Gasteiger partial charge on any atom is -2.00 e. The molecule has 0 fully saturated rings.